The third-order valence-corrected chi connectivity index (χ3v) is 2.49. The zero-order valence-corrected chi connectivity index (χ0v) is 9.89. The maximum absolute atomic E-state index is 12.9. The maximum Gasteiger partial charge on any atom is 0.418 e. The predicted molar refractivity (Wildman–Crippen MR) is 55.2 cm³/mol. The largest absolute Gasteiger partial charge is 0.418 e. The van der Waals surface area contributed by atoms with Crippen molar-refractivity contribution in [3.05, 3.63) is 33.9 Å². The van der Waals surface area contributed by atoms with Crippen LogP contribution >= 0.6 is 0 Å². The molecule has 1 aromatic rings. The van der Waals surface area contributed by atoms with E-state index in [1.165, 1.54) is 6.07 Å². The summed E-state index contributed by atoms with van der Waals surface area (Å²) in [7, 11) is 0. The molecule has 0 aromatic heterocycles. The Labute approximate surface area is 114 Å². The molecule has 0 radical (unpaired) electrons. The molecule has 0 aliphatic rings. The zero-order valence-electron chi connectivity index (χ0n) is 9.89. The van der Waals surface area contributed by atoms with Gasteiger partial charge in [0.05, 0.1) is 34.7 Å². The zero-order chi connectivity index (χ0) is 16.4. The Balaban J connectivity index is 3.97. The number of rotatable bonds is 1. The fourth-order valence-corrected chi connectivity index (χ4v) is 1.74. The number of nitrogens with zero attached hydrogens (tertiary/aromatic N) is 3. The molecule has 0 N–H and O–H groups in total. The average Bonchev–Trinajstić information content (AvgIpc) is 2.34. The summed E-state index contributed by atoms with van der Waals surface area (Å²) in [5.74, 6) is 0. The molecular formula is C12H3F6N3. The second kappa shape index (κ2) is 5.34. The minimum atomic E-state index is -5.16. The molecule has 3 nitrogen and oxygen atoms in total. The van der Waals surface area contributed by atoms with E-state index < -0.39 is 46.6 Å². The first-order chi connectivity index (χ1) is 9.57. The van der Waals surface area contributed by atoms with Crippen molar-refractivity contribution in [2.45, 2.75) is 18.8 Å². The van der Waals surface area contributed by atoms with E-state index in [-0.39, 0.29) is 6.07 Å². The maximum atomic E-state index is 12.9. The van der Waals surface area contributed by atoms with Crippen LogP contribution in [-0.4, -0.2) is 0 Å². The van der Waals surface area contributed by atoms with Gasteiger partial charge in [-0.1, -0.05) is 0 Å². The highest BCUT2D eigenvalue weighted by Gasteiger charge is 2.42. The summed E-state index contributed by atoms with van der Waals surface area (Å²) in [6.07, 6.45) is -11.3. The molecule has 0 saturated heterocycles. The number of hydrogen-bond acceptors (Lipinski definition) is 3. The van der Waals surface area contributed by atoms with Crippen LogP contribution in [0.3, 0.4) is 0 Å². The first-order valence-electron chi connectivity index (χ1n) is 5.09. The Morgan fingerprint density at radius 3 is 1.71 bits per heavy atom. The predicted octanol–water partition coefficient (Wildman–Crippen LogP) is 3.53. The molecule has 0 amide bonds. The SMILES string of the molecule is N#CCc1cc(C(F)(F)F)c(C#N)c(C#N)c1C(F)(F)F. The van der Waals surface area contributed by atoms with E-state index in [1.54, 1.807) is 0 Å². The molecule has 0 aliphatic carbocycles. The molecule has 108 valence electrons. The summed E-state index contributed by atoms with van der Waals surface area (Å²) in [6, 6.07) is 3.35. The Bertz CT molecular complexity index is 695. The highest BCUT2D eigenvalue weighted by Crippen LogP contribution is 2.41. The summed E-state index contributed by atoms with van der Waals surface area (Å²) < 4.78 is 77.1. The lowest BCUT2D eigenvalue weighted by Gasteiger charge is -2.18. The molecule has 0 unspecified atom stereocenters. The fraction of sp³-hybridized carbons (Fsp3) is 0.250. The molecule has 1 aromatic carbocycles. The summed E-state index contributed by atoms with van der Waals surface area (Å²) in [6.45, 7) is 0. The van der Waals surface area contributed by atoms with Crippen molar-refractivity contribution >= 4 is 0 Å². The standard InChI is InChI=1S/C12H3F6N3/c13-11(14,15)9-3-6(1-2-19)10(12(16,17)18)8(5-21)7(9)4-20/h3H,1H2. The van der Waals surface area contributed by atoms with Crippen molar-refractivity contribution in [1.29, 1.82) is 15.8 Å². The first-order valence-corrected chi connectivity index (χ1v) is 5.09. The van der Waals surface area contributed by atoms with E-state index in [0.717, 1.165) is 12.1 Å². The number of nitriles is 3. The van der Waals surface area contributed by atoms with Gasteiger partial charge in [0.2, 0.25) is 0 Å². The lowest BCUT2D eigenvalue weighted by Crippen LogP contribution is -2.18. The smallest absolute Gasteiger partial charge is 0.198 e. The van der Waals surface area contributed by atoms with Crippen molar-refractivity contribution in [2.24, 2.45) is 0 Å². The van der Waals surface area contributed by atoms with Crippen LogP contribution in [0, 0.1) is 34.0 Å². The summed E-state index contributed by atoms with van der Waals surface area (Å²) in [5, 5.41) is 25.8. The van der Waals surface area contributed by atoms with Crippen LogP contribution in [-0.2, 0) is 18.8 Å². The van der Waals surface area contributed by atoms with E-state index in [4.69, 9.17) is 15.8 Å². The van der Waals surface area contributed by atoms with Crippen LogP contribution in [0.1, 0.15) is 27.8 Å². The molecule has 0 aliphatic heterocycles. The number of alkyl halides is 6. The second-order valence-electron chi connectivity index (χ2n) is 3.76. The molecule has 21 heavy (non-hydrogen) atoms. The number of halogens is 6. The van der Waals surface area contributed by atoms with Crippen molar-refractivity contribution in [1.82, 2.24) is 0 Å². The molecule has 0 bridgehead atoms. The monoisotopic (exact) mass is 303 g/mol. The van der Waals surface area contributed by atoms with Crippen LogP contribution in [0.5, 0.6) is 0 Å². The van der Waals surface area contributed by atoms with E-state index in [0.29, 0.717) is 0 Å². The van der Waals surface area contributed by atoms with Gasteiger partial charge < -0.3 is 0 Å². The molecule has 0 heterocycles. The van der Waals surface area contributed by atoms with Gasteiger partial charge in [-0.25, -0.2) is 0 Å². The summed E-state index contributed by atoms with van der Waals surface area (Å²) >= 11 is 0. The third-order valence-electron chi connectivity index (χ3n) is 2.49. The minimum Gasteiger partial charge on any atom is -0.198 e. The number of hydrogen-bond donors (Lipinski definition) is 0. The van der Waals surface area contributed by atoms with Crippen LogP contribution in [0.15, 0.2) is 6.07 Å². The van der Waals surface area contributed by atoms with Crippen molar-refractivity contribution in [3.8, 4) is 18.2 Å². The molecule has 0 atom stereocenters. The third kappa shape index (κ3) is 3.06. The highest BCUT2D eigenvalue weighted by atomic mass is 19.4. The van der Waals surface area contributed by atoms with Crippen molar-refractivity contribution < 1.29 is 26.3 Å². The van der Waals surface area contributed by atoms with Gasteiger partial charge in [0.25, 0.3) is 0 Å². The van der Waals surface area contributed by atoms with Crippen molar-refractivity contribution in [3.63, 3.8) is 0 Å². The first kappa shape index (κ1) is 16.3. The molecular weight excluding hydrogens is 300 g/mol. The topological polar surface area (TPSA) is 71.4 Å². The van der Waals surface area contributed by atoms with Gasteiger partial charge in [-0.15, -0.1) is 0 Å². The lowest BCUT2D eigenvalue weighted by molar-refractivity contribution is -0.142. The normalized spacial score (nSPS) is 11.4. The van der Waals surface area contributed by atoms with Crippen LogP contribution in [0.25, 0.3) is 0 Å². The summed E-state index contributed by atoms with van der Waals surface area (Å²) in [5.41, 5.74) is -7.17. The minimum absolute atomic E-state index is 0.0887. The lowest BCUT2D eigenvalue weighted by atomic mass is 9.90. The fourth-order valence-electron chi connectivity index (χ4n) is 1.74. The van der Waals surface area contributed by atoms with Crippen LogP contribution in [0.2, 0.25) is 0 Å². The molecule has 9 heteroatoms. The van der Waals surface area contributed by atoms with Crippen LogP contribution in [0.4, 0.5) is 26.3 Å². The van der Waals surface area contributed by atoms with Crippen LogP contribution < -0.4 is 0 Å². The average molecular weight is 303 g/mol. The van der Waals surface area contributed by atoms with E-state index in [1.807, 2.05) is 0 Å². The van der Waals surface area contributed by atoms with Gasteiger partial charge in [-0.05, 0) is 11.6 Å². The van der Waals surface area contributed by atoms with Gasteiger partial charge >= 0.3 is 12.4 Å². The Morgan fingerprint density at radius 1 is 0.857 bits per heavy atom. The molecule has 0 spiro atoms. The molecule has 0 saturated carbocycles. The van der Waals surface area contributed by atoms with E-state index >= 15 is 0 Å². The quantitative estimate of drug-likeness (QED) is 0.745. The van der Waals surface area contributed by atoms with Gasteiger partial charge in [-0.3, -0.25) is 0 Å². The van der Waals surface area contributed by atoms with Gasteiger partial charge in [-0.2, -0.15) is 42.1 Å². The summed E-state index contributed by atoms with van der Waals surface area (Å²) in [4.78, 5) is 0. The second-order valence-corrected chi connectivity index (χ2v) is 3.76. The Morgan fingerprint density at radius 2 is 1.38 bits per heavy atom. The molecule has 1 rings (SSSR count). The Kier molecular flexibility index (Phi) is 4.15. The van der Waals surface area contributed by atoms with Gasteiger partial charge in [0, 0.05) is 0 Å². The van der Waals surface area contributed by atoms with Gasteiger partial charge in [0.15, 0.2) is 0 Å². The van der Waals surface area contributed by atoms with Gasteiger partial charge in [0.1, 0.15) is 12.1 Å². The van der Waals surface area contributed by atoms with E-state index in [2.05, 4.69) is 0 Å². The highest BCUT2D eigenvalue weighted by molar-refractivity contribution is 5.59. The Hall–Kier alpha value is -2.73. The number of benzene rings is 1. The van der Waals surface area contributed by atoms with Crippen molar-refractivity contribution in [2.75, 3.05) is 0 Å². The molecule has 0 fully saturated rings. The van der Waals surface area contributed by atoms with E-state index in [9.17, 15) is 26.3 Å².